The fourth-order valence-corrected chi connectivity index (χ4v) is 1.49. The molecule has 0 saturated heterocycles. The van der Waals surface area contributed by atoms with Gasteiger partial charge in [0.15, 0.2) is 0 Å². The molecule has 4 nitrogen and oxygen atoms in total. The molecule has 0 saturated carbocycles. The Morgan fingerprint density at radius 3 is 2.80 bits per heavy atom. The third-order valence-corrected chi connectivity index (χ3v) is 2.32. The van der Waals surface area contributed by atoms with E-state index in [9.17, 15) is 4.39 Å². The molecule has 2 rings (SSSR count). The van der Waals surface area contributed by atoms with Crippen LogP contribution >= 0.6 is 0 Å². The predicted octanol–water partition coefficient (Wildman–Crippen LogP) is 1.00. The Kier molecular flexibility index (Phi) is 2.47. The van der Waals surface area contributed by atoms with E-state index in [1.807, 2.05) is 0 Å². The Bertz CT molecular complexity index is 466. The molecule has 0 amide bonds. The molecule has 0 aliphatic rings. The summed E-state index contributed by atoms with van der Waals surface area (Å²) in [5, 5.41) is 3.99. The van der Waals surface area contributed by atoms with Crippen LogP contribution in [-0.2, 0) is 7.05 Å². The maximum Gasteiger partial charge on any atom is 0.146 e. The van der Waals surface area contributed by atoms with Gasteiger partial charge in [0.1, 0.15) is 5.82 Å². The van der Waals surface area contributed by atoms with Crippen molar-refractivity contribution in [3.8, 4) is 0 Å². The second-order valence-electron chi connectivity index (χ2n) is 3.25. The highest BCUT2D eigenvalue weighted by molar-refractivity contribution is 5.26. The van der Waals surface area contributed by atoms with Crippen molar-refractivity contribution in [3.05, 3.63) is 47.8 Å². The van der Waals surface area contributed by atoms with Crippen LogP contribution in [0.4, 0.5) is 4.39 Å². The first-order valence-electron chi connectivity index (χ1n) is 4.53. The largest absolute Gasteiger partial charge is 0.319 e. The normalized spacial score (nSPS) is 12.7. The molecule has 78 valence electrons. The van der Waals surface area contributed by atoms with E-state index in [-0.39, 0.29) is 0 Å². The molecule has 0 spiro atoms. The Hall–Kier alpha value is -1.75. The van der Waals surface area contributed by atoms with Gasteiger partial charge in [0.25, 0.3) is 0 Å². The third kappa shape index (κ3) is 1.73. The molecule has 1 unspecified atom stereocenters. The first-order valence-corrected chi connectivity index (χ1v) is 4.53. The average Bonchev–Trinajstić information content (AvgIpc) is 2.64. The molecule has 5 heteroatoms. The predicted molar refractivity (Wildman–Crippen MR) is 53.4 cm³/mol. The molecular weight excluding hydrogens is 195 g/mol. The lowest BCUT2D eigenvalue weighted by atomic mass is 10.1. The monoisotopic (exact) mass is 206 g/mol. The fraction of sp³-hybridized carbons (Fsp3) is 0.200. The van der Waals surface area contributed by atoms with Crippen molar-refractivity contribution in [3.63, 3.8) is 0 Å². The van der Waals surface area contributed by atoms with Crippen LogP contribution in [0.2, 0.25) is 0 Å². The van der Waals surface area contributed by atoms with Crippen LogP contribution in [0.1, 0.15) is 17.3 Å². The van der Waals surface area contributed by atoms with E-state index in [0.29, 0.717) is 5.56 Å². The molecular formula is C10H11FN4. The van der Waals surface area contributed by atoms with E-state index in [2.05, 4.69) is 10.1 Å². The summed E-state index contributed by atoms with van der Waals surface area (Å²) in [6.07, 6.45) is 4.31. The summed E-state index contributed by atoms with van der Waals surface area (Å²) < 4.78 is 15.0. The molecule has 2 N–H and O–H groups in total. The van der Waals surface area contributed by atoms with Gasteiger partial charge < -0.3 is 5.73 Å². The molecule has 0 fully saturated rings. The van der Waals surface area contributed by atoms with E-state index in [1.165, 1.54) is 6.20 Å². The van der Waals surface area contributed by atoms with Gasteiger partial charge in [-0.3, -0.25) is 9.67 Å². The van der Waals surface area contributed by atoms with E-state index < -0.39 is 11.9 Å². The maximum absolute atomic E-state index is 13.4. The van der Waals surface area contributed by atoms with Crippen molar-refractivity contribution < 1.29 is 4.39 Å². The Balaban J connectivity index is 2.41. The van der Waals surface area contributed by atoms with Crippen molar-refractivity contribution >= 4 is 0 Å². The highest BCUT2D eigenvalue weighted by Crippen LogP contribution is 2.20. The van der Waals surface area contributed by atoms with Crippen molar-refractivity contribution in [2.75, 3.05) is 0 Å². The molecule has 2 heterocycles. The topological polar surface area (TPSA) is 56.7 Å². The zero-order valence-corrected chi connectivity index (χ0v) is 8.26. The summed E-state index contributed by atoms with van der Waals surface area (Å²) in [6, 6.07) is 2.83. The standard InChI is InChI=1S/C10H11FN4/c1-15-9(3-5-14-15)10(12)7-2-4-13-6-8(7)11/h2-6,10H,12H2,1H3. The number of nitrogens with two attached hydrogens (primary N) is 1. The van der Waals surface area contributed by atoms with Crippen molar-refractivity contribution in [2.45, 2.75) is 6.04 Å². The zero-order valence-electron chi connectivity index (χ0n) is 8.26. The minimum Gasteiger partial charge on any atom is -0.319 e. The van der Waals surface area contributed by atoms with Gasteiger partial charge >= 0.3 is 0 Å². The second-order valence-corrected chi connectivity index (χ2v) is 3.25. The lowest BCUT2D eigenvalue weighted by molar-refractivity contribution is 0.581. The lowest BCUT2D eigenvalue weighted by Crippen LogP contribution is -2.17. The first-order chi connectivity index (χ1) is 7.20. The summed E-state index contributed by atoms with van der Waals surface area (Å²) in [5.74, 6) is -0.397. The van der Waals surface area contributed by atoms with Gasteiger partial charge in [-0.25, -0.2) is 4.39 Å². The SMILES string of the molecule is Cn1nccc1C(N)c1ccncc1F. The number of halogens is 1. The van der Waals surface area contributed by atoms with Crippen LogP contribution in [0.3, 0.4) is 0 Å². The lowest BCUT2D eigenvalue weighted by Gasteiger charge is -2.12. The molecule has 0 aliphatic carbocycles. The zero-order chi connectivity index (χ0) is 10.8. The summed E-state index contributed by atoms with van der Waals surface area (Å²) in [6.45, 7) is 0. The first kappa shape index (κ1) is 9.79. The molecule has 0 radical (unpaired) electrons. The Morgan fingerprint density at radius 2 is 2.20 bits per heavy atom. The van der Waals surface area contributed by atoms with Gasteiger partial charge in [0.2, 0.25) is 0 Å². The van der Waals surface area contributed by atoms with Crippen LogP contribution in [0.5, 0.6) is 0 Å². The highest BCUT2D eigenvalue weighted by Gasteiger charge is 2.15. The van der Waals surface area contributed by atoms with Gasteiger partial charge in [0, 0.05) is 25.0 Å². The smallest absolute Gasteiger partial charge is 0.146 e. The number of aryl methyl sites for hydroxylation is 1. The van der Waals surface area contributed by atoms with Crippen molar-refractivity contribution in [2.24, 2.45) is 12.8 Å². The molecule has 2 aromatic heterocycles. The molecule has 15 heavy (non-hydrogen) atoms. The maximum atomic E-state index is 13.4. The molecule has 2 aromatic rings. The Labute approximate surface area is 86.6 Å². The van der Waals surface area contributed by atoms with E-state index >= 15 is 0 Å². The van der Waals surface area contributed by atoms with Crippen molar-refractivity contribution in [1.82, 2.24) is 14.8 Å². The van der Waals surface area contributed by atoms with Gasteiger partial charge in [-0.2, -0.15) is 5.10 Å². The number of aromatic nitrogens is 3. The Morgan fingerprint density at radius 1 is 1.40 bits per heavy atom. The number of hydrogen-bond donors (Lipinski definition) is 1. The molecule has 0 aliphatic heterocycles. The summed E-state index contributed by atoms with van der Waals surface area (Å²) >= 11 is 0. The summed E-state index contributed by atoms with van der Waals surface area (Å²) in [7, 11) is 1.77. The third-order valence-electron chi connectivity index (χ3n) is 2.32. The average molecular weight is 206 g/mol. The molecule has 0 bridgehead atoms. The molecule has 1 atom stereocenters. The molecule has 0 aromatic carbocycles. The highest BCUT2D eigenvalue weighted by atomic mass is 19.1. The van der Waals surface area contributed by atoms with Gasteiger partial charge in [-0.05, 0) is 12.1 Å². The summed E-state index contributed by atoms with van der Waals surface area (Å²) in [4.78, 5) is 3.68. The quantitative estimate of drug-likeness (QED) is 0.797. The number of nitrogens with zero attached hydrogens (tertiary/aromatic N) is 3. The van der Waals surface area contributed by atoms with E-state index in [1.54, 1.807) is 30.1 Å². The van der Waals surface area contributed by atoms with Gasteiger partial charge in [-0.1, -0.05) is 0 Å². The van der Waals surface area contributed by atoms with E-state index in [4.69, 9.17) is 5.73 Å². The number of hydrogen-bond acceptors (Lipinski definition) is 3. The number of pyridine rings is 1. The minimum absolute atomic E-state index is 0.397. The van der Waals surface area contributed by atoms with Crippen LogP contribution < -0.4 is 5.73 Å². The fourth-order valence-electron chi connectivity index (χ4n) is 1.49. The number of rotatable bonds is 2. The van der Waals surface area contributed by atoms with Crippen LogP contribution in [-0.4, -0.2) is 14.8 Å². The van der Waals surface area contributed by atoms with Crippen LogP contribution in [0, 0.1) is 5.82 Å². The van der Waals surface area contributed by atoms with E-state index in [0.717, 1.165) is 11.9 Å². The van der Waals surface area contributed by atoms with Crippen molar-refractivity contribution in [1.29, 1.82) is 0 Å². The second kappa shape index (κ2) is 3.78. The van der Waals surface area contributed by atoms with Crippen LogP contribution in [0.15, 0.2) is 30.7 Å². The van der Waals surface area contributed by atoms with Gasteiger partial charge in [-0.15, -0.1) is 0 Å². The van der Waals surface area contributed by atoms with Gasteiger partial charge in [0.05, 0.1) is 17.9 Å². The minimum atomic E-state index is -0.513. The van der Waals surface area contributed by atoms with Crippen LogP contribution in [0.25, 0.3) is 0 Å². The summed E-state index contributed by atoms with van der Waals surface area (Å²) in [5.41, 5.74) is 7.12.